The number of halogens is 2. The highest BCUT2D eigenvalue weighted by molar-refractivity contribution is 6.30. The van der Waals surface area contributed by atoms with Gasteiger partial charge in [-0.15, -0.1) is 0 Å². The van der Waals surface area contributed by atoms with Crippen LogP contribution in [0.5, 0.6) is 0 Å². The molecular formula is C16H19ClFN3. The van der Waals surface area contributed by atoms with E-state index in [0.717, 1.165) is 12.1 Å². The molecule has 3 nitrogen and oxygen atoms in total. The fraction of sp³-hybridized carbons (Fsp3) is 0.312. The second-order valence-corrected chi connectivity index (χ2v) is 5.31. The van der Waals surface area contributed by atoms with Crippen LogP contribution < -0.4 is 10.2 Å². The lowest BCUT2D eigenvalue weighted by Crippen LogP contribution is -2.21. The van der Waals surface area contributed by atoms with Crippen LogP contribution in [0.3, 0.4) is 0 Å². The molecule has 0 radical (unpaired) electrons. The van der Waals surface area contributed by atoms with Crippen LogP contribution >= 0.6 is 11.6 Å². The van der Waals surface area contributed by atoms with Crippen LogP contribution in [-0.4, -0.2) is 18.6 Å². The highest BCUT2D eigenvalue weighted by Crippen LogP contribution is 2.21. The molecule has 21 heavy (non-hydrogen) atoms. The van der Waals surface area contributed by atoms with E-state index >= 15 is 0 Å². The zero-order valence-electron chi connectivity index (χ0n) is 12.2. The molecule has 1 aromatic heterocycles. The van der Waals surface area contributed by atoms with Crippen LogP contribution in [0.1, 0.15) is 18.1 Å². The van der Waals surface area contributed by atoms with E-state index in [1.54, 1.807) is 17.2 Å². The number of benzene rings is 1. The second-order valence-electron chi connectivity index (χ2n) is 4.87. The van der Waals surface area contributed by atoms with E-state index in [0.29, 0.717) is 29.5 Å². The maximum absolute atomic E-state index is 14.5. The summed E-state index contributed by atoms with van der Waals surface area (Å²) in [6.45, 7) is 3.85. The van der Waals surface area contributed by atoms with Crippen molar-refractivity contribution < 1.29 is 4.39 Å². The number of nitrogens with one attached hydrogen (secondary N) is 1. The molecule has 0 unspecified atom stereocenters. The van der Waals surface area contributed by atoms with Gasteiger partial charge >= 0.3 is 0 Å². The van der Waals surface area contributed by atoms with E-state index in [1.165, 1.54) is 0 Å². The molecule has 5 heteroatoms. The molecule has 0 aliphatic rings. The van der Waals surface area contributed by atoms with E-state index in [9.17, 15) is 4.39 Å². The Morgan fingerprint density at radius 2 is 2.14 bits per heavy atom. The van der Waals surface area contributed by atoms with Crippen LogP contribution in [-0.2, 0) is 13.1 Å². The molecule has 0 saturated carbocycles. The van der Waals surface area contributed by atoms with Gasteiger partial charge in [0, 0.05) is 36.9 Å². The summed E-state index contributed by atoms with van der Waals surface area (Å²) in [6.07, 6.45) is 1.64. The highest BCUT2D eigenvalue weighted by atomic mass is 35.5. The summed E-state index contributed by atoms with van der Waals surface area (Å²) in [5.74, 6) is 0.0772. The molecule has 0 amide bonds. The first kappa shape index (κ1) is 15.7. The minimum absolute atomic E-state index is 0.275. The summed E-state index contributed by atoms with van der Waals surface area (Å²) in [4.78, 5) is 5.94. The first-order chi connectivity index (χ1) is 10.1. The average Bonchev–Trinajstić information content (AvgIpc) is 2.46. The Hall–Kier alpha value is -1.65. The molecule has 2 rings (SSSR count). The van der Waals surface area contributed by atoms with Gasteiger partial charge in [0.25, 0.3) is 0 Å². The van der Waals surface area contributed by atoms with E-state index in [4.69, 9.17) is 11.6 Å². The van der Waals surface area contributed by atoms with Crippen molar-refractivity contribution in [3.05, 3.63) is 58.5 Å². The second kappa shape index (κ2) is 7.38. The predicted molar refractivity (Wildman–Crippen MR) is 85.1 cm³/mol. The molecule has 0 spiro atoms. The lowest BCUT2D eigenvalue weighted by atomic mass is 10.2. The maximum atomic E-state index is 14.5. The normalized spacial score (nSPS) is 10.7. The fourth-order valence-electron chi connectivity index (χ4n) is 2.12. The van der Waals surface area contributed by atoms with Gasteiger partial charge in [-0.25, -0.2) is 9.37 Å². The molecule has 112 valence electrons. The van der Waals surface area contributed by atoms with E-state index in [1.807, 2.05) is 38.2 Å². The minimum Gasteiger partial charge on any atom is -0.353 e. The van der Waals surface area contributed by atoms with Gasteiger partial charge in [-0.1, -0.05) is 30.7 Å². The third-order valence-corrected chi connectivity index (χ3v) is 3.42. The number of anilines is 1. The lowest BCUT2D eigenvalue weighted by Gasteiger charge is -2.20. The van der Waals surface area contributed by atoms with Crippen molar-refractivity contribution in [3.8, 4) is 0 Å². The zero-order chi connectivity index (χ0) is 15.2. The summed E-state index contributed by atoms with van der Waals surface area (Å²) in [6, 6.07) is 9.24. The van der Waals surface area contributed by atoms with Crippen molar-refractivity contribution >= 4 is 17.4 Å². The van der Waals surface area contributed by atoms with Gasteiger partial charge < -0.3 is 10.2 Å². The van der Waals surface area contributed by atoms with E-state index < -0.39 is 0 Å². The van der Waals surface area contributed by atoms with Crippen LogP contribution in [0.15, 0.2) is 36.5 Å². The highest BCUT2D eigenvalue weighted by Gasteiger charge is 2.13. The Kier molecular flexibility index (Phi) is 5.53. The van der Waals surface area contributed by atoms with Gasteiger partial charge in [0.15, 0.2) is 11.6 Å². The number of nitrogens with zero attached hydrogens (tertiary/aromatic N) is 2. The average molecular weight is 308 g/mol. The summed E-state index contributed by atoms with van der Waals surface area (Å²) in [5, 5.41) is 3.80. The van der Waals surface area contributed by atoms with E-state index in [-0.39, 0.29) is 5.82 Å². The number of hydrogen-bond donors (Lipinski definition) is 1. The van der Waals surface area contributed by atoms with Crippen LogP contribution in [0.4, 0.5) is 10.2 Å². The molecule has 2 aromatic rings. The van der Waals surface area contributed by atoms with Gasteiger partial charge in [0.1, 0.15) is 0 Å². The standard InChI is InChI=1S/C16H19ClFN3/c1-3-19-10-13-7-8-20-16(15(13)18)21(2)11-12-5-4-6-14(17)9-12/h4-9,19H,3,10-11H2,1-2H3. The van der Waals surface area contributed by atoms with Gasteiger partial charge in [-0.05, 0) is 30.3 Å². The predicted octanol–water partition coefficient (Wildman–Crippen LogP) is 3.62. The van der Waals surface area contributed by atoms with Gasteiger partial charge in [-0.3, -0.25) is 0 Å². The van der Waals surface area contributed by atoms with Gasteiger partial charge in [-0.2, -0.15) is 0 Å². The summed E-state index contributed by atoms with van der Waals surface area (Å²) >= 11 is 5.97. The Labute approximate surface area is 129 Å². The van der Waals surface area contributed by atoms with Crippen molar-refractivity contribution in [2.75, 3.05) is 18.5 Å². The third-order valence-electron chi connectivity index (χ3n) is 3.19. The quantitative estimate of drug-likeness (QED) is 0.883. The van der Waals surface area contributed by atoms with Crippen molar-refractivity contribution in [2.45, 2.75) is 20.0 Å². The van der Waals surface area contributed by atoms with Crippen LogP contribution in [0.25, 0.3) is 0 Å². The number of hydrogen-bond acceptors (Lipinski definition) is 3. The fourth-order valence-corrected chi connectivity index (χ4v) is 2.33. The SMILES string of the molecule is CCNCc1ccnc(N(C)Cc2cccc(Cl)c2)c1F. The van der Waals surface area contributed by atoms with E-state index in [2.05, 4.69) is 10.3 Å². The van der Waals surface area contributed by atoms with Crippen LogP contribution in [0.2, 0.25) is 5.02 Å². The summed E-state index contributed by atoms with van der Waals surface area (Å²) < 4.78 is 14.5. The Morgan fingerprint density at radius 1 is 1.33 bits per heavy atom. The molecule has 0 bridgehead atoms. The van der Waals surface area contributed by atoms with Gasteiger partial charge in [0.05, 0.1) is 0 Å². The monoisotopic (exact) mass is 307 g/mol. The molecule has 0 atom stereocenters. The minimum atomic E-state index is -0.275. The zero-order valence-corrected chi connectivity index (χ0v) is 13.0. The first-order valence-electron chi connectivity index (χ1n) is 6.91. The molecule has 0 fully saturated rings. The topological polar surface area (TPSA) is 28.2 Å². The van der Waals surface area contributed by atoms with Crippen molar-refractivity contribution in [2.24, 2.45) is 0 Å². The molecule has 1 N–H and O–H groups in total. The number of pyridine rings is 1. The molecule has 1 heterocycles. The Balaban J connectivity index is 2.17. The molecule has 0 aliphatic heterocycles. The van der Waals surface area contributed by atoms with Crippen molar-refractivity contribution in [1.29, 1.82) is 0 Å². The summed E-state index contributed by atoms with van der Waals surface area (Å²) in [5.41, 5.74) is 1.64. The van der Waals surface area contributed by atoms with Crippen molar-refractivity contribution in [3.63, 3.8) is 0 Å². The van der Waals surface area contributed by atoms with Crippen molar-refractivity contribution in [1.82, 2.24) is 10.3 Å². The molecule has 0 aliphatic carbocycles. The smallest absolute Gasteiger partial charge is 0.170 e. The lowest BCUT2D eigenvalue weighted by molar-refractivity contribution is 0.583. The van der Waals surface area contributed by atoms with Gasteiger partial charge in [0.2, 0.25) is 0 Å². The molecular weight excluding hydrogens is 289 g/mol. The summed E-state index contributed by atoms with van der Waals surface area (Å²) in [7, 11) is 1.82. The molecule has 0 saturated heterocycles. The molecule has 1 aromatic carbocycles. The largest absolute Gasteiger partial charge is 0.353 e. The third kappa shape index (κ3) is 4.16. The first-order valence-corrected chi connectivity index (χ1v) is 7.29. The number of rotatable bonds is 6. The number of aromatic nitrogens is 1. The maximum Gasteiger partial charge on any atom is 0.170 e. The Bertz CT molecular complexity index is 604. The van der Waals surface area contributed by atoms with Crippen LogP contribution in [0, 0.1) is 5.82 Å². The Morgan fingerprint density at radius 3 is 2.86 bits per heavy atom.